The van der Waals surface area contributed by atoms with Gasteiger partial charge in [-0.25, -0.2) is 4.98 Å². The van der Waals surface area contributed by atoms with Gasteiger partial charge in [0.2, 0.25) is 10.9 Å². The molecule has 9 heteroatoms. The molecule has 20 heavy (non-hydrogen) atoms. The number of nitrogens with two attached hydrogens (primary N) is 1. The number of aromatic nitrogens is 3. The molecule has 0 bridgehead atoms. The molecule has 0 saturated carbocycles. The summed E-state index contributed by atoms with van der Waals surface area (Å²) in [5.41, 5.74) is 6.94. The summed E-state index contributed by atoms with van der Waals surface area (Å²) in [5, 5.41) is 6.30. The van der Waals surface area contributed by atoms with Gasteiger partial charge in [0.25, 0.3) is 10.0 Å². The van der Waals surface area contributed by atoms with Crippen molar-refractivity contribution in [2.75, 3.05) is 11.8 Å². The second kappa shape index (κ2) is 5.47. The van der Waals surface area contributed by atoms with Crippen molar-refractivity contribution >= 4 is 15.7 Å². The Labute approximate surface area is 116 Å². The fourth-order valence-electron chi connectivity index (χ4n) is 1.66. The van der Waals surface area contributed by atoms with E-state index in [4.69, 9.17) is 10.5 Å². The van der Waals surface area contributed by atoms with Crippen molar-refractivity contribution in [1.29, 1.82) is 0 Å². The molecule has 0 aliphatic rings. The van der Waals surface area contributed by atoms with Crippen molar-refractivity contribution in [2.45, 2.75) is 18.5 Å². The SMILES string of the molecule is COc1ccc(NS(=O)(=O)c2n[nH]c(C)c2CN)cn1. The summed E-state index contributed by atoms with van der Waals surface area (Å²) in [4.78, 5) is 3.92. The Kier molecular flexibility index (Phi) is 3.91. The van der Waals surface area contributed by atoms with Crippen LogP contribution in [0, 0.1) is 6.92 Å². The minimum atomic E-state index is -3.81. The van der Waals surface area contributed by atoms with Crippen molar-refractivity contribution in [2.24, 2.45) is 5.73 Å². The van der Waals surface area contributed by atoms with E-state index in [-0.39, 0.29) is 11.6 Å². The van der Waals surface area contributed by atoms with Crippen molar-refractivity contribution < 1.29 is 13.2 Å². The number of nitrogens with zero attached hydrogens (tertiary/aromatic N) is 2. The average Bonchev–Trinajstić information content (AvgIpc) is 2.81. The Morgan fingerprint density at radius 1 is 1.45 bits per heavy atom. The maximum atomic E-state index is 12.2. The number of ether oxygens (including phenoxy) is 1. The molecule has 0 amide bonds. The van der Waals surface area contributed by atoms with Crippen molar-refractivity contribution in [1.82, 2.24) is 15.2 Å². The van der Waals surface area contributed by atoms with Crippen LogP contribution in [0.2, 0.25) is 0 Å². The molecule has 2 aromatic rings. The maximum Gasteiger partial charge on any atom is 0.281 e. The van der Waals surface area contributed by atoms with E-state index in [9.17, 15) is 8.42 Å². The van der Waals surface area contributed by atoms with Gasteiger partial charge in [0.15, 0.2) is 0 Å². The van der Waals surface area contributed by atoms with E-state index in [2.05, 4.69) is 19.9 Å². The third-order valence-corrected chi connectivity index (χ3v) is 4.04. The molecule has 0 aliphatic heterocycles. The highest BCUT2D eigenvalue weighted by atomic mass is 32.2. The standard InChI is InChI=1S/C11H15N5O3S/c1-7-9(5-12)11(15-14-7)20(17,18)16-8-3-4-10(19-2)13-6-8/h3-4,6,16H,5,12H2,1-2H3,(H,14,15). The van der Waals surface area contributed by atoms with Gasteiger partial charge in [0.05, 0.1) is 19.0 Å². The predicted octanol–water partition coefficient (Wildman–Crippen LogP) is 0.381. The first-order chi connectivity index (χ1) is 9.47. The topological polar surface area (TPSA) is 123 Å². The van der Waals surface area contributed by atoms with E-state index in [0.717, 1.165) is 0 Å². The normalized spacial score (nSPS) is 11.3. The number of methoxy groups -OCH3 is 1. The fraction of sp³-hybridized carbons (Fsp3) is 0.273. The molecule has 0 atom stereocenters. The van der Waals surface area contributed by atoms with Gasteiger partial charge < -0.3 is 10.5 Å². The van der Waals surface area contributed by atoms with Crippen molar-refractivity contribution in [3.05, 3.63) is 29.6 Å². The smallest absolute Gasteiger partial charge is 0.281 e. The quantitative estimate of drug-likeness (QED) is 0.733. The second-order valence-corrected chi connectivity index (χ2v) is 5.63. The zero-order chi connectivity index (χ0) is 14.8. The first-order valence-corrected chi connectivity index (χ1v) is 7.23. The van der Waals surface area contributed by atoms with E-state index in [1.165, 1.54) is 13.3 Å². The molecule has 0 spiro atoms. The van der Waals surface area contributed by atoms with E-state index < -0.39 is 10.0 Å². The third-order valence-electron chi connectivity index (χ3n) is 2.69. The molecule has 0 unspecified atom stereocenters. The Morgan fingerprint density at radius 3 is 2.75 bits per heavy atom. The van der Waals surface area contributed by atoms with Crippen LogP contribution in [0.25, 0.3) is 0 Å². The number of sulfonamides is 1. The summed E-state index contributed by atoms with van der Waals surface area (Å²) >= 11 is 0. The van der Waals surface area contributed by atoms with Crippen LogP contribution in [0.3, 0.4) is 0 Å². The van der Waals surface area contributed by atoms with Crippen LogP contribution in [0.4, 0.5) is 5.69 Å². The van der Waals surface area contributed by atoms with Crippen LogP contribution in [0.5, 0.6) is 5.88 Å². The minimum Gasteiger partial charge on any atom is -0.481 e. The molecular formula is C11H15N5O3S. The molecule has 4 N–H and O–H groups in total. The first-order valence-electron chi connectivity index (χ1n) is 5.74. The Hall–Kier alpha value is -2.13. The number of anilines is 1. The van der Waals surface area contributed by atoms with Gasteiger partial charge >= 0.3 is 0 Å². The van der Waals surface area contributed by atoms with Gasteiger partial charge in [-0.2, -0.15) is 13.5 Å². The van der Waals surface area contributed by atoms with Crippen LogP contribution < -0.4 is 15.2 Å². The summed E-state index contributed by atoms with van der Waals surface area (Å²) in [7, 11) is -2.33. The van der Waals surface area contributed by atoms with E-state index in [0.29, 0.717) is 22.8 Å². The minimum absolute atomic E-state index is 0.0828. The Morgan fingerprint density at radius 2 is 2.20 bits per heavy atom. The maximum absolute atomic E-state index is 12.2. The summed E-state index contributed by atoms with van der Waals surface area (Å²) < 4.78 is 31.8. The van der Waals surface area contributed by atoms with Crippen LogP contribution in [-0.2, 0) is 16.6 Å². The van der Waals surface area contributed by atoms with Gasteiger partial charge in [-0.05, 0) is 13.0 Å². The zero-order valence-corrected chi connectivity index (χ0v) is 11.9. The summed E-state index contributed by atoms with van der Waals surface area (Å²) in [5.74, 6) is 0.395. The van der Waals surface area contributed by atoms with Crippen LogP contribution in [0.1, 0.15) is 11.3 Å². The number of aromatic amines is 1. The highest BCUT2D eigenvalue weighted by Gasteiger charge is 2.23. The van der Waals surface area contributed by atoms with E-state index in [1.807, 2.05) is 0 Å². The third kappa shape index (κ3) is 2.73. The first kappa shape index (κ1) is 14.3. The monoisotopic (exact) mass is 297 g/mol. The second-order valence-electron chi connectivity index (χ2n) is 4.03. The molecule has 2 aromatic heterocycles. The number of pyridine rings is 1. The van der Waals surface area contributed by atoms with Gasteiger partial charge in [0.1, 0.15) is 0 Å². The van der Waals surface area contributed by atoms with Gasteiger partial charge in [0, 0.05) is 23.9 Å². The van der Waals surface area contributed by atoms with E-state index >= 15 is 0 Å². The molecular weight excluding hydrogens is 282 g/mol. The number of aryl methyl sites for hydroxylation is 1. The highest BCUT2D eigenvalue weighted by molar-refractivity contribution is 7.92. The van der Waals surface area contributed by atoms with Crippen LogP contribution in [0.15, 0.2) is 23.4 Å². The van der Waals surface area contributed by atoms with E-state index in [1.54, 1.807) is 19.1 Å². The molecule has 0 aliphatic carbocycles. The van der Waals surface area contributed by atoms with Gasteiger partial charge in [-0.3, -0.25) is 9.82 Å². The lowest BCUT2D eigenvalue weighted by Crippen LogP contribution is -2.16. The van der Waals surface area contributed by atoms with Crippen molar-refractivity contribution in [3.63, 3.8) is 0 Å². The lowest BCUT2D eigenvalue weighted by molar-refractivity contribution is 0.398. The highest BCUT2D eigenvalue weighted by Crippen LogP contribution is 2.20. The molecule has 8 nitrogen and oxygen atoms in total. The lowest BCUT2D eigenvalue weighted by atomic mass is 10.3. The average molecular weight is 297 g/mol. The largest absolute Gasteiger partial charge is 0.481 e. The van der Waals surface area contributed by atoms with Gasteiger partial charge in [-0.15, -0.1) is 0 Å². The number of rotatable bonds is 5. The van der Waals surface area contributed by atoms with Crippen LogP contribution >= 0.6 is 0 Å². The summed E-state index contributed by atoms with van der Waals surface area (Å²) in [6, 6.07) is 3.10. The molecule has 0 saturated heterocycles. The molecule has 2 rings (SSSR count). The number of nitrogens with one attached hydrogen (secondary N) is 2. The lowest BCUT2D eigenvalue weighted by Gasteiger charge is -2.07. The van der Waals surface area contributed by atoms with Crippen molar-refractivity contribution in [3.8, 4) is 5.88 Å². The number of hydrogen-bond donors (Lipinski definition) is 3. The molecule has 2 heterocycles. The Bertz CT molecular complexity index is 693. The summed E-state index contributed by atoms with van der Waals surface area (Å²) in [6.07, 6.45) is 1.36. The molecule has 108 valence electrons. The van der Waals surface area contributed by atoms with Gasteiger partial charge in [-0.1, -0.05) is 0 Å². The molecule has 0 fully saturated rings. The number of H-pyrrole nitrogens is 1. The predicted molar refractivity (Wildman–Crippen MR) is 72.8 cm³/mol. The Balaban J connectivity index is 2.30. The summed E-state index contributed by atoms with van der Waals surface area (Å²) in [6.45, 7) is 1.79. The molecule has 0 radical (unpaired) electrons. The molecule has 0 aromatic carbocycles. The fourth-order valence-corrected chi connectivity index (χ4v) is 2.91. The number of hydrogen-bond acceptors (Lipinski definition) is 6. The van der Waals surface area contributed by atoms with Crippen LogP contribution in [-0.4, -0.2) is 30.7 Å². The zero-order valence-electron chi connectivity index (χ0n) is 11.0.